The lowest BCUT2D eigenvalue weighted by Gasteiger charge is -2.10. The highest BCUT2D eigenvalue weighted by molar-refractivity contribution is 5.80. The van der Waals surface area contributed by atoms with Gasteiger partial charge >= 0.3 is 5.92 Å². The van der Waals surface area contributed by atoms with Gasteiger partial charge in [0.25, 0.3) is 0 Å². The standard InChI is InChI=1S/C23H25F2N7/c1-4-23(24,25)22-26-20(32(29-22)14-15(2)3)13-16-9-11-17(12-10-16)18-7-5-6-8-19(18)21-27-30-31-28-21/h5-12,15H,4,13-14H2,1-3H3,(H,27,28,30,31). The Bertz CT molecular complexity index is 1170. The smallest absolute Gasteiger partial charge is 0.249 e. The number of nitrogens with zero attached hydrogens (tertiary/aromatic N) is 6. The van der Waals surface area contributed by atoms with Crippen molar-refractivity contribution >= 4 is 0 Å². The average Bonchev–Trinajstić information content (AvgIpc) is 3.45. The quantitative estimate of drug-likeness (QED) is 0.425. The number of aromatic amines is 1. The summed E-state index contributed by atoms with van der Waals surface area (Å²) in [4.78, 5) is 4.20. The Morgan fingerprint density at radius 1 is 1.03 bits per heavy atom. The van der Waals surface area contributed by atoms with Crippen molar-refractivity contribution in [2.45, 2.75) is 46.1 Å². The lowest BCUT2D eigenvalue weighted by Crippen LogP contribution is -2.15. The summed E-state index contributed by atoms with van der Waals surface area (Å²) in [5.74, 6) is -2.10. The molecule has 0 bridgehead atoms. The third-order valence-electron chi connectivity index (χ3n) is 5.20. The normalized spacial score (nSPS) is 11.9. The van der Waals surface area contributed by atoms with Crippen molar-refractivity contribution in [3.63, 3.8) is 0 Å². The summed E-state index contributed by atoms with van der Waals surface area (Å²) < 4.78 is 30.0. The van der Waals surface area contributed by atoms with Crippen molar-refractivity contribution in [2.75, 3.05) is 0 Å². The molecule has 166 valence electrons. The number of benzene rings is 2. The van der Waals surface area contributed by atoms with Crippen LogP contribution in [-0.2, 0) is 18.9 Å². The van der Waals surface area contributed by atoms with E-state index in [0.29, 0.717) is 24.6 Å². The minimum Gasteiger partial charge on any atom is -0.249 e. The summed E-state index contributed by atoms with van der Waals surface area (Å²) in [7, 11) is 0. The van der Waals surface area contributed by atoms with Crippen LogP contribution in [0.5, 0.6) is 0 Å². The Labute approximate surface area is 184 Å². The molecule has 9 heteroatoms. The molecule has 7 nitrogen and oxygen atoms in total. The lowest BCUT2D eigenvalue weighted by atomic mass is 9.98. The highest BCUT2D eigenvalue weighted by Gasteiger charge is 2.35. The minimum atomic E-state index is -3.03. The van der Waals surface area contributed by atoms with Gasteiger partial charge in [0.05, 0.1) is 0 Å². The largest absolute Gasteiger partial charge is 0.308 e. The van der Waals surface area contributed by atoms with Crippen LogP contribution in [0.4, 0.5) is 8.78 Å². The van der Waals surface area contributed by atoms with E-state index in [1.165, 1.54) is 6.92 Å². The molecule has 0 atom stereocenters. The molecular weight excluding hydrogens is 412 g/mol. The summed E-state index contributed by atoms with van der Waals surface area (Å²) in [5, 5.41) is 18.4. The van der Waals surface area contributed by atoms with Gasteiger partial charge in [-0.1, -0.05) is 69.3 Å². The summed E-state index contributed by atoms with van der Waals surface area (Å²) in [6, 6.07) is 15.8. The molecule has 2 aromatic carbocycles. The van der Waals surface area contributed by atoms with E-state index in [-0.39, 0.29) is 12.3 Å². The fraction of sp³-hybridized carbons (Fsp3) is 0.348. The Morgan fingerprint density at radius 2 is 1.75 bits per heavy atom. The zero-order valence-corrected chi connectivity index (χ0v) is 18.3. The fourth-order valence-corrected chi connectivity index (χ4v) is 3.50. The molecule has 0 amide bonds. The molecular formula is C23H25F2N7. The molecule has 4 aromatic rings. The van der Waals surface area contributed by atoms with E-state index in [4.69, 9.17) is 0 Å². The summed E-state index contributed by atoms with van der Waals surface area (Å²) in [6.07, 6.45) is 0.0961. The van der Waals surface area contributed by atoms with Gasteiger partial charge in [-0.3, -0.25) is 0 Å². The van der Waals surface area contributed by atoms with Crippen LogP contribution in [0, 0.1) is 5.92 Å². The molecule has 1 N–H and O–H groups in total. The second-order valence-corrected chi connectivity index (χ2v) is 8.14. The number of tetrazole rings is 1. The van der Waals surface area contributed by atoms with Crippen molar-refractivity contribution in [1.29, 1.82) is 0 Å². The average molecular weight is 437 g/mol. The van der Waals surface area contributed by atoms with Crippen molar-refractivity contribution in [3.05, 3.63) is 65.7 Å². The van der Waals surface area contributed by atoms with E-state index in [1.807, 2.05) is 62.4 Å². The van der Waals surface area contributed by atoms with Crippen LogP contribution in [0.1, 0.15) is 44.4 Å². The molecule has 0 saturated carbocycles. The van der Waals surface area contributed by atoms with E-state index >= 15 is 0 Å². The van der Waals surface area contributed by atoms with Crippen LogP contribution in [0.25, 0.3) is 22.5 Å². The Hall–Kier alpha value is -3.49. The highest BCUT2D eigenvalue weighted by atomic mass is 19.3. The van der Waals surface area contributed by atoms with E-state index < -0.39 is 11.7 Å². The van der Waals surface area contributed by atoms with Crippen molar-refractivity contribution in [3.8, 4) is 22.5 Å². The molecule has 32 heavy (non-hydrogen) atoms. The topological polar surface area (TPSA) is 85.2 Å². The van der Waals surface area contributed by atoms with Crippen LogP contribution >= 0.6 is 0 Å². The predicted molar refractivity (Wildman–Crippen MR) is 117 cm³/mol. The Morgan fingerprint density at radius 3 is 2.38 bits per heavy atom. The van der Waals surface area contributed by atoms with Crippen LogP contribution in [0.3, 0.4) is 0 Å². The van der Waals surface area contributed by atoms with E-state index in [2.05, 4.69) is 30.7 Å². The minimum absolute atomic E-state index is 0.266. The zero-order chi connectivity index (χ0) is 22.7. The van der Waals surface area contributed by atoms with Gasteiger partial charge in [-0.15, -0.1) is 15.3 Å². The Balaban J connectivity index is 1.62. The van der Waals surface area contributed by atoms with Crippen LogP contribution in [0.2, 0.25) is 0 Å². The first-order valence-electron chi connectivity index (χ1n) is 10.6. The molecule has 4 rings (SSSR count). The van der Waals surface area contributed by atoms with Gasteiger partial charge in [-0.2, -0.15) is 14.0 Å². The predicted octanol–water partition coefficient (Wildman–Crippen LogP) is 4.87. The zero-order valence-electron chi connectivity index (χ0n) is 18.3. The number of hydrogen-bond acceptors (Lipinski definition) is 5. The maximum atomic E-state index is 14.2. The van der Waals surface area contributed by atoms with E-state index in [1.54, 1.807) is 4.68 Å². The number of halogens is 2. The van der Waals surface area contributed by atoms with Crippen molar-refractivity contribution < 1.29 is 8.78 Å². The number of H-pyrrole nitrogens is 1. The summed E-state index contributed by atoms with van der Waals surface area (Å²) in [6.45, 7) is 6.03. The molecule has 0 unspecified atom stereocenters. The summed E-state index contributed by atoms with van der Waals surface area (Å²) >= 11 is 0. The molecule has 0 spiro atoms. The molecule has 2 heterocycles. The van der Waals surface area contributed by atoms with Gasteiger partial charge in [0.15, 0.2) is 0 Å². The number of alkyl halides is 2. The maximum Gasteiger partial charge on any atom is 0.308 e. The highest BCUT2D eigenvalue weighted by Crippen LogP contribution is 2.31. The van der Waals surface area contributed by atoms with Gasteiger partial charge in [0, 0.05) is 24.9 Å². The van der Waals surface area contributed by atoms with Gasteiger partial charge in [0.1, 0.15) is 5.82 Å². The first-order valence-corrected chi connectivity index (χ1v) is 10.6. The monoisotopic (exact) mass is 437 g/mol. The van der Waals surface area contributed by atoms with E-state index in [9.17, 15) is 8.78 Å². The van der Waals surface area contributed by atoms with Crippen molar-refractivity contribution in [2.24, 2.45) is 5.92 Å². The van der Waals surface area contributed by atoms with Crippen molar-refractivity contribution in [1.82, 2.24) is 35.4 Å². The van der Waals surface area contributed by atoms with Gasteiger partial charge in [-0.25, -0.2) is 9.67 Å². The number of aromatic nitrogens is 7. The first kappa shape index (κ1) is 21.7. The number of rotatable bonds is 8. The van der Waals surface area contributed by atoms with Gasteiger partial charge < -0.3 is 0 Å². The van der Waals surface area contributed by atoms with Crippen LogP contribution in [0.15, 0.2) is 48.5 Å². The van der Waals surface area contributed by atoms with E-state index in [0.717, 1.165) is 22.3 Å². The molecule has 2 aromatic heterocycles. The SMILES string of the molecule is CCC(F)(F)c1nc(Cc2ccc(-c3ccccc3-c3nn[nH]n3)cc2)n(CC(C)C)n1. The Kier molecular flexibility index (Phi) is 6.07. The molecule has 0 aliphatic carbocycles. The first-order chi connectivity index (χ1) is 15.4. The number of hydrogen-bond donors (Lipinski definition) is 1. The fourth-order valence-electron chi connectivity index (χ4n) is 3.50. The molecule has 0 saturated heterocycles. The molecule has 0 fully saturated rings. The molecule has 0 aliphatic rings. The number of nitrogens with one attached hydrogen (secondary N) is 1. The van der Waals surface area contributed by atoms with Gasteiger partial charge in [-0.05, 0) is 27.8 Å². The molecule has 0 aliphatic heterocycles. The summed E-state index contributed by atoms with van der Waals surface area (Å²) in [5.41, 5.74) is 3.82. The van der Waals surface area contributed by atoms with Crippen LogP contribution < -0.4 is 0 Å². The lowest BCUT2D eigenvalue weighted by molar-refractivity contribution is -0.0178. The van der Waals surface area contributed by atoms with Crippen LogP contribution in [-0.4, -0.2) is 35.4 Å². The second kappa shape index (κ2) is 8.94. The third kappa shape index (κ3) is 4.56. The van der Waals surface area contributed by atoms with Gasteiger partial charge in [0.2, 0.25) is 11.6 Å². The maximum absolute atomic E-state index is 14.2. The molecule has 0 radical (unpaired) electrons. The second-order valence-electron chi connectivity index (χ2n) is 8.14. The third-order valence-corrected chi connectivity index (χ3v) is 5.20.